The summed E-state index contributed by atoms with van der Waals surface area (Å²) in [5.74, 6) is 0. The maximum atomic E-state index is 12.1. The second kappa shape index (κ2) is 5.29. The Hall–Kier alpha value is -0.810. The number of likely N-dealkylation sites (N-methyl/N-ethyl adjacent to an activating group) is 1. The zero-order valence-electron chi connectivity index (χ0n) is 12.5. The average Bonchev–Trinajstić information content (AvgIpc) is 2.71. The van der Waals surface area contributed by atoms with Gasteiger partial charge in [-0.3, -0.25) is 0 Å². The molecule has 2 fully saturated rings. The molecule has 1 atom stereocenters. The zero-order chi connectivity index (χ0) is 14.1. The van der Waals surface area contributed by atoms with Gasteiger partial charge in [-0.15, -0.1) is 0 Å². The van der Waals surface area contributed by atoms with Crippen LogP contribution >= 0.6 is 0 Å². The van der Waals surface area contributed by atoms with Crippen molar-refractivity contribution >= 4 is 6.09 Å². The van der Waals surface area contributed by atoms with E-state index in [-0.39, 0.29) is 17.7 Å². The molecule has 1 N–H and O–H groups in total. The Morgan fingerprint density at radius 2 is 2.00 bits per heavy atom. The third kappa shape index (κ3) is 3.60. The molecule has 0 radical (unpaired) electrons. The van der Waals surface area contributed by atoms with E-state index in [0.717, 1.165) is 32.4 Å². The van der Waals surface area contributed by atoms with Gasteiger partial charge in [0.05, 0.1) is 18.2 Å². The van der Waals surface area contributed by atoms with Crippen LogP contribution in [0.25, 0.3) is 0 Å². The lowest BCUT2D eigenvalue weighted by Gasteiger charge is -2.33. The minimum Gasteiger partial charge on any atom is -0.444 e. The van der Waals surface area contributed by atoms with E-state index in [1.807, 2.05) is 27.8 Å². The number of hydrogen-bond donors (Lipinski definition) is 1. The van der Waals surface area contributed by atoms with Crippen molar-refractivity contribution in [3.63, 3.8) is 0 Å². The molecule has 0 unspecified atom stereocenters. The van der Waals surface area contributed by atoms with Crippen LogP contribution in [-0.4, -0.2) is 55.0 Å². The monoisotopic (exact) mass is 270 g/mol. The van der Waals surface area contributed by atoms with Crippen LogP contribution in [0, 0.1) is 0 Å². The third-order valence-electron chi connectivity index (χ3n) is 3.93. The molecule has 2 aliphatic rings. The lowest BCUT2D eigenvalue weighted by atomic mass is 9.88. The normalized spacial score (nSPS) is 26.4. The predicted molar refractivity (Wildman–Crippen MR) is 73.2 cm³/mol. The molecule has 0 aromatic heterocycles. The number of nitrogens with zero attached hydrogens (tertiary/aromatic N) is 1. The highest BCUT2D eigenvalue weighted by molar-refractivity contribution is 5.68. The Morgan fingerprint density at radius 3 is 2.58 bits per heavy atom. The van der Waals surface area contributed by atoms with Gasteiger partial charge in [-0.2, -0.15) is 0 Å². The number of carbonyl (C=O) groups excluding carboxylic acids is 1. The van der Waals surface area contributed by atoms with E-state index in [2.05, 4.69) is 5.32 Å². The molecule has 2 aliphatic heterocycles. The van der Waals surface area contributed by atoms with Gasteiger partial charge in [0.2, 0.25) is 0 Å². The van der Waals surface area contributed by atoms with Gasteiger partial charge in [-0.1, -0.05) is 0 Å². The van der Waals surface area contributed by atoms with Gasteiger partial charge in [0, 0.05) is 7.05 Å². The first-order valence-corrected chi connectivity index (χ1v) is 7.12. The predicted octanol–water partition coefficient (Wildman–Crippen LogP) is 1.76. The summed E-state index contributed by atoms with van der Waals surface area (Å²) in [7, 11) is 1.81. The van der Waals surface area contributed by atoms with E-state index in [0.29, 0.717) is 6.61 Å². The van der Waals surface area contributed by atoms with E-state index in [1.165, 1.54) is 0 Å². The Kier molecular flexibility index (Phi) is 4.06. The Bertz CT molecular complexity index is 332. The molecule has 19 heavy (non-hydrogen) atoms. The van der Waals surface area contributed by atoms with E-state index < -0.39 is 5.60 Å². The number of rotatable bonds is 1. The third-order valence-corrected chi connectivity index (χ3v) is 3.93. The fourth-order valence-corrected chi connectivity index (χ4v) is 2.78. The minimum absolute atomic E-state index is 0.0216. The van der Waals surface area contributed by atoms with Crippen molar-refractivity contribution in [1.82, 2.24) is 10.2 Å². The van der Waals surface area contributed by atoms with Crippen LogP contribution in [0.15, 0.2) is 0 Å². The average molecular weight is 270 g/mol. The molecule has 0 saturated carbocycles. The standard InChI is InChI=1S/C14H26N2O3/c1-13(2,3)19-12(17)16(4)11-9-14(18-10-11)5-7-15-8-6-14/h11,15H,5-10H2,1-4H3/t11-/m0/s1. The lowest BCUT2D eigenvalue weighted by molar-refractivity contribution is -0.0206. The number of nitrogens with one attached hydrogen (secondary N) is 1. The van der Waals surface area contributed by atoms with Crippen LogP contribution in [0.4, 0.5) is 4.79 Å². The molecule has 1 amide bonds. The molecular weight excluding hydrogens is 244 g/mol. The molecule has 0 aromatic carbocycles. The summed E-state index contributed by atoms with van der Waals surface area (Å²) in [5.41, 5.74) is -0.469. The molecule has 2 saturated heterocycles. The second-order valence-corrected chi connectivity index (χ2v) is 6.69. The highest BCUT2D eigenvalue weighted by Gasteiger charge is 2.43. The Balaban J connectivity index is 1.91. The van der Waals surface area contributed by atoms with E-state index in [4.69, 9.17) is 9.47 Å². The first-order chi connectivity index (χ1) is 8.81. The number of hydrogen-bond acceptors (Lipinski definition) is 4. The molecule has 5 nitrogen and oxygen atoms in total. The summed E-state index contributed by atoms with van der Waals surface area (Å²) in [5, 5.41) is 3.35. The molecule has 0 bridgehead atoms. The number of amides is 1. The maximum absolute atomic E-state index is 12.1. The number of ether oxygens (including phenoxy) is 2. The molecule has 2 heterocycles. The van der Waals surface area contributed by atoms with Crippen LogP contribution in [0.2, 0.25) is 0 Å². The number of carbonyl (C=O) groups is 1. The van der Waals surface area contributed by atoms with Crippen molar-refractivity contribution in [2.75, 3.05) is 26.7 Å². The van der Waals surface area contributed by atoms with Crippen LogP contribution in [0.3, 0.4) is 0 Å². The van der Waals surface area contributed by atoms with Crippen LogP contribution in [-0.2, 0) is 9.47 Å². The van der Waals surface area contributed by atoms with Crippen LogP contribution < -0.4 is 5.32 Å². The van der Waals surface area contributed by atoms with E-state index >= 15 is 0 Å². The summed E-state index contributed by atoms with van der Waals surface area (Å²) >= 11 is 0. The van der Waals surface area contributed by atoms with Gasteiger partial charge in [-0.05, 0) is 53.1 Å². The van der Waals surface area contributed by atoms with Crippen molar-refractivity contribution in [1.29, 1.82) is 0 Å². The first-order valence-electron chi connectivity index (χ1n) is 7.12. The van der Waals surface area contributed by atoms with Crippen LogP contribution in [0.1, 0.15) is 40.0 Å². The quantitative estimate of drug-likeness (QED) is 0.789. The molecule has 110 valence electrons. The Morgan fingerprint density at radius 1 is 1.37 bits per heavy atom. The molecule has 0 aromatic rings. The van der Waals surface area contributed by atoms with Crippen molar-refractivity contribution in [3.05, 3.63) is 0 Å². The molecule has 5 heteroatoms. The summed E-state index contributed by atoms with van der Waals surface area (Å²) in [6, 6.07) is 0.132. The summed E-state index contributed by atoms with van der Waals surface area (Å²) < 4.78 is 11.4. The molecule has 2 rings (SSSR count). The fourth-order valence-electron chi connectivity index (χ4n) is 2.78. The molecule has 1 spiro atoms. The zero-order valence-corrected chi connectivity index (χ0v) is 12.5. The van der Waals surface area contributed by atoms with Gasteiger partial charge in [0.25, 0.3) is 0 Å². The van der Waals surface area contributed by atoms with Gasteiger partial charge < -0.3 is 19.7 Å². The van der Waals surface area contributed by atoms with Gasteiger partial charge in [-0.25, -0.2) is 4.79 Å². The minimum atomic E-state index is -0.447. The maximum Gasteiger partial charge on any atom is 0.410 e. The summed E-state index contributed by atoms with van der Waals surface area (Å²) in [4.78, 5) is 13.7. The first kappa shape index (κ1) is 14.6. The smallest absolute Gasteiger partial charge is 0.410 e. The fraction of sp³-hybridized carbons (Fsp3) is 0.929. The largest absolute Gasteiger partial charge is 0.444 e. The van der Waals surface area contributed by atoms with E-state index in [9.17, 15) is 4.79 Å². The van der Waals surface area contributed by atoms with Crippen LogP contribution in [0.5, 0.6) is 0 Å². The lowest BCUT2D eigenvalue weighted by Crippen LogP contribution is -2.44. The van der Waals surface area contributed by atoms with Gasteiger partial charge >= 0.3 is 6.09 Å². The summed E-state index contributed by atoms with van der Waals surface area (Å²) in [6.07, 6.45) is 2.73. The highest BCUT2D eigenvalue weighted by Crippen LogP contribution is 2.35. The Labute approximate surface area is 115 Å². The number of piperidine rings is 1. The highest BCUT2D eigenvalue weighted by atomic mass is 16.6. The van der Waals surface area contributed by atoms with Crippen molar-refractivity contribution in [3.8, 4) is 0 Å². The molecular formula is C14H26N2O3. The van der Waals surface area contributed by atoms with Gasteiger partial charge in [0.1, 0.15) is 5.60 Å². The topological polar surface area (TPSA) is 50.8 Å². The molecule has 0 aliphatic carbocycles. The van der Waals surface area contributed by atoms with E-state index in [1.54, 1.807) is 4.90 Å². The van der Waals surface area contributed by atoms with Gasteiger partial charge in [0.15, 0.2) is 0 Å². The van der Waals surface area contributed by atoms with Crippen molar-refractivity contribution in [2.24, 2.45) is 0 Å². The SMILES string of the molecule is CN(C(=O)OC(C)(C)C)[C@@H]1COC2(CCNCC2)C1. The second-order valence-electron chi connectivity index (χ2n) is 6.69. The van der Waals surface area contributed by atoms with Crippen molar-refractivity contribution < 1.29 is 14.3 Å². The summed E-state index contributed by atoms with van der Waals surface area (Å²) in [6.45, 7) is 8.29. The van der Waals surface area contributed by atoms with Crippen molar-refractivity contribution in [2.45, 2.75) is 57.3 Å².